The maximum atomic E-state index is 11.7. The normalized spacial score (nSPS) is 20.6. The van der Waals surface area contributed by atoms with Gasteiger partial charge in [-0.05, 0) is 6.26 Å². The third kappa shape index (κ3) is 3.68. The Morgan fingerprint density at radius 3 is 2.94 bits per heavy atom. The molecule has 0 aromatic rings. The molecule has 5 nitrogen and oxygen atoms in total. The van der Waals surface area contributed by atoms with E-state index in [-0.39, 0.29) is 5.91 Å². The number of thioether (sulfide) groups is 1. The Balaban J connectivity index is 2.43. The molecule has 0 N–H and O–H groups in total. The van der Waals surface area contributed by atoms with Crippen LogP contribution < -0.4 is 0 Å². The van der Waals surface area contributed by atoms with Crippen LogP contribution >= 0.6 is 11.8 Å². The summed E-state index contributed by atoms with van der Waals surface area (Å²) >= 11 is 1.64. The van der Waals surface area contributed by atoms with Crippen molar-refractivity contribution in [1.82, 2.24) is 4.90 Å². The number of esters is 1. The van der Waals surface area contributed by atoms with E-state index in [2.05, 4.69) is 4.74 Å². The molecule has 0 spiro atoms. The third-order valence-electron chi connectivity index (χ3n) is 2.40. The van der Waals surface area contributed by atoms with Crippen molar-refractivity contribution in [3.63, 3.8) is 0 Å². The molecular weight excluding hydrogens is 230 g/mol. The molecule has 1 atom stereocenters. The van der Waals surface area contributed by atoms with Gasteiger partial charge in [-0.25, -0.2) is 4.79 Å². The average molecular weight is 247 g/mol. The van der Waals surface area contributed by atoms with Crippen LogP contribution in [0.15, 0.2) is 0 Å². The van der Waals surface area contributed by atoms with E-state index in [1.807, 2.05) is 6.26 Å². The van der Waals surface area contributed by atoms with Gasteiger partial charge in [0.15, 0.2) is 6.10 Å². The van der Waals surface area contributed by atoms with Gasteiger partial charge in [0.2, 0.25) is 5.91 Å². The molecule has 1 fully saturated rings. The minimum absolute atomic E-state index is 0.0755. The number of amides is 1. The Bertz CT molecular complexity index is 259. The van der Waals surface area contributed by atoms with Crippen LogP contribution in [0.2, 0.25) is 0 Å². The summed E-state index contributed by atoms with van der Waals surface area (Å²) in [5.74, 6) is 0.466. The first-order chi connectivity index (χ1) is 7.69. The molecule has 0 aromatic carbocycles. The first-order valence-corrected chi connectivity index (χ1v) is 6.54. The number of nitrogens with zero attached hydrogens (tertiary/aromatic N) is 1. The Kier molecular flexibility index (Phi) is 5.62. The number of ether oxygens (including phenoxy) is 2. The van der Waals surface area contributed by atoms with E-state index in [4.69, 9.17) is 4.74 Å². The predicted molar refractivity (Wildman–Crippen MR) is 61.3 cm³/mol. The van der Waals surface area contributed by atoms with Crippen LogP contribution in [0.4, 0.5) is 0 Å². The van der Waals surface area contributed by atoms with Crippen molar-refractivity contribution in [1.29, 1.82) is 0 Å². The number of morpholine rings is 1. The zero-order chi connectivity index (χ0) is 12.0. The van der Waals surface area contributed by atoms with E-state index in [1.165, 1.54) is 7.11 Å². The fourth-order valence-electron chi connectivity index (χ4n) is 1.50. The maximum absolute atomic E-state index is 11.7. The lowest BCUT2D eigenvalue weighted by molar-refractivity contribution is -0.162. The number of hydrogen-bond donors (Lipinski definition) is 0. The zero-order valence-electron chi connectivity index (χ0n) is 9.60. The van der Waals surface area contributed by atoms with Gasteiger partial charge in [-0.15, -0.1) is 0 Å². The molecule has 1 rings (SSSR count). The van der Waals surface area contributed by atoms with E-state index in [1.54, 1.807) is 16.7 Å². The summed E-state index contributed by atoms with van der Waals surface area (Å²) in [6.07, 6.45) is 1.84. The summed E-state index contributed by atoms with van der Waals surface area (Å²) in [7, 11) is 1.32. The van der Waals surface area contributed by atoms with Gasteiger partial charge in [-0.1, -0.05) is 0 Å². The number of hydrogen-bond acceptors (Lipinski definition) is 5. The molecule has 0 saturated carbocycles. The van der Waals surface area contributed by atoms with Crippen molar-refractivity contribution in [2.75, 3.05) is 38.8 Å². The summed E-state index contributed by atoms with van der Waals surface area (Å²) in [5.41, 5.74) is 0. The van der Waals surface area contributed by atoms with Crippen LogP contribution in [-0.4, -0.2) is 61.7 Å². The van der Waals surface area contributed by atoms with Crippen molar-refractivity contribution in [2.24, 2.45) is 0 Å². The fraction of sp³-hybridized carbons (Fsp3) is 0.800. The average Bonchev–Trinajstić information content (AvgIpc) is 2.35. The molecule has 1 saturated heterocycles. The third-order valence-corrected chi connectivity index (χ3v) is 3.02. The van der Waals surface area contributed by atoms with Crippen LogP contribution in [0.25, 0.3) is 0 Å². The number of rotatable bonds is 4. The molecule has 1 heterocycles. The predicted octanol–water partition coefficient (Wildman–Crippen LogP) is 0.140. The number of methoxy groups -OCH3 is 1. The summed E-state index contributed by atoms with van der Waals surface area (Å²) in [4.78, 5) is 24.6. The smallest absolute Gasteiger partial charge is 0.336 e. The van der Waals surface area contributed by atoms with E-state index in [9.17, 15) is 9.59 Å². The van der Waals surface area contributed by atoms with Gasteiger partial charge in [-0.3, -0.25) is 4.79 Å². The van der Waals surface area contributed by atoms with Gasteiger partial charge in [-0.2, -0.15) is 11.8 Å². The summed E-state index contributed by atoms with van der Waals surface area (Å²) in [5, 5.41) is 0. The van der Waals surface area contributed by atoms with E-state index >= 15 is 0 Å². The van der Waals surface area contributed by atoms with Gasteiger partial charge in [0.25, 0.3) is 0 Å². The first kappa shape index (κ1) is 13.3. The van der Waals surface area contributed by atoms with E-state index in [0.29, 0.717) is 26.1 Å². The Morgan fingerprint density at radius 1 is 1.56 bits per heavy atom. The summed E-state index contributed by atoms with van der Waals surface area (Å²) < 4.78 is 9.83. The van der Waals surface area contributed by atoms with Crippen LogP contribution in [0.1, 0.15) is 6.42 Å². The van der Waals surface area contributed by atoms with Gasteiger partial charge in [0, 0.05) is 18.7 Å². The van der Waals surface area contributed by atoms with Crippen LogP contribution in [0.5, 0.6) is 0 Å². The molecule has 0 aliphatic carbocycles. The van der Waals surface area contributed by atoms with Crippen molar-refractivity contribution in [3.05, 3.63) is 0 Å². The van der Waals surface area contributed by atoms with Crippen molar-refractivity contribution in [2.45, 2.75) is 12.5 Å². The molecule has 16 heavy (non-hydrogen) atoms. The molecule has 1 aliphatic rings. The molecule has 0 bridgehead atoms. The highest BCUT2D eigenvalue weighted by Crippen LogP contribution is 2.09. The highest BCUT2D eigenvalue weighted by molar-refractivity contribution is 7.98. The van der Waals surface area contributed by atoms with Gasteiger partial charge < -0.3 is 14.4 Å². The minimum Gasteiger partial charge on any atom is -0.467 e. The standard InChI is InChI=1S/C10H17NO4S/c1-14-10(13)8-7-11(4-5-15-8)9(12)3-6-16-2/h8H,3-7H2,1-2H3. The molecule has 1 unspecified atom stereocenters. The lowest BCUT2D eigenvalue weighted by atomic mass is 10.2. The van der Waals surface area contributed by atoms with Crippen LogP contribution in [0.3, 0.4) is 0 Å². The molecule has 0 aromatic heterocycles. The van der Waals surface area contributed by atoms with Gasteiger partial charge in [0.1, 0.15) is 0 Å². The fourth-order valence-corrected chi connectivity index (χ4v) is 1.88. The van der Waals surface area contributed by atoms with Crippen molar-refractivity contribution >= 4 is 23.6 Å². The highest BCUT2D eigenvalue weighted by Gasteiger charge is 2.29. The van der Waals surface area contributed by atoms with E-state index in [0.717, 1.165) is 5.75 Å². The highest BCUT2D eigenvalue weighted by atomic mass is 32.2. The minimum atomic E-state index is -0.628. The lowest BCUT2D eigenvalue weighted by Gasteiger charge is -2.31. The largest absolute Gasteiger partial charge is 0.467 e. The molecule has 1 amide bonds. The zero-order valence-corrected chi connectivity index (χ0v) is 10.4. The Hall–Kier alpha value is -0.750. The Labute approximate surface area is 99.5 Å². The number of carbonyl (C=O) groups excluding carboxylic acids is 2. The topological polar surface area (TPSA) is 55.8 Å². The summed E-state index contributed by atoms with van der Waals surface area (Å²) in [6, 6.07) is 0. The second-order valence-electron chi connectivity index (χ2n) is 3.47. The van der Waals surface area contributed by atoms with E-state index < -0.39 is 12.1 Å². The molecule has 0 radical (unpaired) electrons. The monoisotopic (exact) mass is 247 g/mol. The molecule has 1 aliphatic heterocycles. The molecule has 92 valence electrons. The van der Waals surface area contributed by atoms with Crippen molar-refractivity contribution < 1.29 is 19.1 Å². The van der Waals surface area contributed by atoms with Crippen LogP contribution in [-0.2, 0) is 19.1 Å². The lowest BCUT2D eigenvalue weighted by Crippen LogP contribution is -2.49. The van der Waals surface area contributed by atoms with Crippen LogP contribution in [0, 0.1) is 0 Å². The van der Waals surface area contributed by atoms with Gasteiger partial charge >= 0.3 is 5.97 Å². The molecule has 6 heteroatoms. The maximum Gasteiger partial charge on any atom is 0.336 e. The number of carbonyl (C=O) groups is 2. The second kappa shape index (κ2) is 6.75. The second-order valence-corrected chi connectivity index (χ2v) is 4.45. The first-order valence-electron chi connectivity index (χ1n) is 5.15. The Morgan fingerprint density at radius 2 is 2.31 bits per heavy atom. The van der Waals surface area contributed by atoms with Crippen molar-refractivity contribution in [3.8, 4) is 0 Å². The van der Waals surface area contributed by atoms with Gasteiger partial charge in [0.05, 0.1) is 20.3 Å². The SMILES string of the molecule is COC(=O)C1CN(C(=O)CCSC)CCO1. The summed E-state index contributed by atoms with van der Waals surface area (Å²) in [6.45, 7) is 1.26. The quantitative estimate of drug-likeness (QED) is 0.661. The molecular formula is C10H17NO4S.